The molecule has 0 aromatic rings. The summed E-state index contributed by atoms with van der Waals surface area (Å²) in [5, 5.41) is 0. The maximum Gasteiger partial charge on any atom is 0.331 e. The summed E-state index contributed by atoms with van der Waals surface area (Å²) < 4.78 is 41.3. The Kier molecular flexibility index (Phi) is 5.01. The van der Waals surface area contributed by atoms with Crippen LogP contribution in [0.15, 0.2) is 0 Å². The fourth-order valence-electron chi connectivity index (χ4n) is 1.66. The standard InChI is InChI=1S/C10H19BFO5P/c1-6(2)18(13,14)17-8-7(5-15-4)16-9(11)10(8,3)12/h6-9H,5H2,1-4H3,(H,13,14)/t7-,8-,9-,10+/m1/s1. The SMILES string of the molecule is [B][C@@H]1O[C@H](COC)[C@@H](OP(=O)(O)C(C)C)[C@]1(C)F. The fraction of sp³-hybridized carbons (Fsp3) is 1.00. The molecule has 2 radical (unpaired) electrons. The number of halogens is 1. The van der Waals surface area contributed by atoms with Gasteiger partial charge in [0.1, 0.15) is 20.1 Å². The molecular formula is C10H19BFO5P. The summed E-state index contributed by atoms with van der Waals surface area (Å²) in [4.78, 5) is 9.69. The van der Waals surface area contributed by atoms with Gasteiger partial charge in [-0.15, -0.1) is 0 Å². The Morgan fingerprint density at radius 1 is 1.61 bits per heavy atom. The zero-order chi connectivity index (χ0) is 14.1. The Morgan fingerprint density at radius 3 is 2.61 bits per heavy atom. The number of rotatable bonds is 5. The first-order valence-electron chi connectivity index (χ1n) is 5.72. The van der Waals surface area contributed by atoms with Gasteiger partial charge >= 0.3 is 7.60 Å². The van der Waals surface area contributed by atoms with Crippen LogP contribution in [0.25, 0.3) is 0 Å². The molecular weight excluding hydrogens is 261 g/mol. The first-order chi connectivity index (χ1) is 8.13. The molecule has 1 aliphatic heterocycles. The number of methoxy groups -OCH3 is 1. The summed E-state index contributed by atoms with van der Waals surface area (Å²) in [5.74, 6) is 0. The molecule has 0 aromatic carbocycles. The third-order valence-electron chi connectivity index (χ3n) is 3.02. The number of hydrogen-bond acceptors (Lipinski definition) is 4. The molecule has 1 aliphatic rings. The van der Waals surface area contributed by atoms with E-state index < -0.39 is 37.1 Å². The Morgan fingerprint density at radius 2 is 2.17 bits per heavy atom. The van der Waals surface area contributed by atoms with E-state index in [9.17, 15) is 13.8 Å². The van der Waals surface area contributed by atoms with E-state index in [0.29, 0.717) is 0 Å². The van der Waals surface area contributed by atoms with Crippen molar-refractivity contribution >= 4 is 15.4 Å². The topological polar surface area (TPSA) is 65.0 Å². The first kappa shape index (κ1) is 16.1. The van der Waals surface area contributed by atoms with Gasteiger partial charge in [-0.25, -0.2) is 4.39 Å². The van der Waals surface area contributed by atoms with Crippen LogP contribution in [0, 0.1) is 0 Å². The maximum absolute atomic E-state index is 14.4. The molecule has 0 aliphatic carbocycles. The predicted octanol–water partition coefficient (Wildman–Crippen LogP) is 1.23. The van der Waals surface area contributed by atoms with Gasteiger partial charge in [-0.3, -0.25) is 9.09 Å². The molecule has 1 fully saturated rings. The molecule has 0 amide bonds. The van der Waals surface area contributed by atoms with Crippen LogP contribution in [0.2, 0.25) is 0 Å². The molecule has 8 heteroatoms. The van der Waals surface area contributed by atoms with Crippen molar-refractivity contribution < 1.29 is 27.8 Å². The van der Waals surface area contributed by atoms with Gasteiger partial charge in [-0.2, -0.15) is 0 Å². The van der Waals surface area contributed by atoms with Gasteiger partial charge in [0, 0.05) is 7.11 Å². The van der Waals surface area contributed by atoms with Crippen LogP contribution in [-0.2, 0) is 18.6 Å². The molecule has 1 saturated heterocycles. The van der Waals surface area contributed by atoms with Gasteiger partial charge in [0.05, 0.1) is 18.3 Å². The van der Waals surface area contributed by atoms with E-state index in [-0.39, 0.29) is 6.61 Å². The van der Waals surface area contributed by atoms with Crippen molar-refractivity contribution in [1.29, 1.82) is 0 Å². The average Bonchev–Trinajstić information content (AvgIpc) is 2.42. The highest BCUT2D eigenvalue weighted by Gasteiger charge is 2.55. The minimum atomic E-state index is -3.91. The van der Waals surface area contributed by atoms with Crippen LogP contribution in [-0.4, -0.2) is 56.0 Å². The Labute approximate surface area is 108 Å². The first-order valence-corrected chi connectivity index (χ1v) is 7.37. The predicted molar refractivity (Wildman–Crippen MR) is 65.6 cm³/mol. The molecule has 0 saturated carbocycles. The summed E-state index contributed by atoms with van der Waals surface area (Å²) in [6, 6.07) is -1.21. The zero-order valence-electron chi connectivity index (χ0n) is 11.0. The summed E-state index contributed by atoms with van der Waals surface area (Å²) in [6.45, 7) is 4.28. The molecule has 1 heterocycles. The van der Waals surface area contributed by atoms with Crippen LogP contribution >= 0.6 is 7.60 Å². The third kappa shape index (κ3) is 3.14. The molecule has 0 spiro atoms. The molecule has 18 heavy (non-hydrogen) atoms. The van der Waals surface area contributed by atoms with Crippen LogP contribution in [0.4, 0.5) is 4.39 Å². The Bertz CT molecular complexity index is 338. The monoisotopic (exact) mass is 280 g/mol. The van der Waals surface area contributed by atoms with E-state index in [0.717, 1.165) is 0 Å². The van der Waals surface area contributed by atoms with Crippen LogP contribution < -0.4 is 0 Å². The largest absolute Gasteiger partial charge is 0.382 e. The van der Waals surface area contributed by atoms with Crippen LogP contribution in [0.3, 0.4) is 0 Å². The molecule has 1 unspecified atom stereocenters. The second-order valence-corrected chi connectivity index (χ2v) is 7.26. The second-order valence-electron chi connectivity index (χ2n) is 4.89. The molecule has 0 bridgehead atoms. The van der Waals surface area contributed by atoms with Crippen molar-refractivity contribution in [2.24, 2.45) is 0 Å². The van der Waals surface area contributed by atoms with Gasteiger partial charge in [0.15, 0.2) is 5.67 Å². The highest BCUT2D eigenvalue weighted by molar-refractivity contribution is 7.53. The van der Waals surface area contributed by atoms with Crippen molar-refractivity contribution in [2.75, 3.05) is 13.7 Å². The van der Waals surface area contributed by atoms with E-state index in [2.05, 4.69) is 0 Å². The summed E-state index contributed by atoms with van der Waals surface area (Å²) >= 11 is 0. The van der Waals surface area contributed by atoms with E-state index >= 15 is 0 Å². The molecule has 1 N–H and O–H groups in total. The second kappa shape index (κ2) is 5.59. The molecule has 1 rings (SSSR count). The summed E-state index contributed by atoms with van der Waals surface area (Å²) in [7, 11) is 3.02. The Balaban J connectivity index is 2.91. The quantitative estimate of drug-likeness (QED) is 0.606. The van der Waals surface area contributed by atoms with E-state index in [1.54, 1.807) is 0 Å². The van der Waals surface area contributed by atoms with Gasteiger partial charge in [0.2, 0.25) is 0 Å². The lowest BCUT2D eigenvalue weighted by Gasteiger charge is -2.29. The minimum Gasteiger partial charge on any atom is -0.382 e. The maximum atomic E-state index is 14.4. The number of ether oxygens (including phenoxy) is 2. The van der Waals surface area contributed by atoms with Gasteiger partial charge in [-0.1, -0.05) is 13.8 Å². The molecule has 5 nitrogen and oxygen atoms in total. The fourth-order valence-corrected chi connectivity index (χ4v) is 2.58. The van der Waals surface area contributed by atoms with Gasteiger partial charge < -0.3 is 14.4 Å². The van der Waals surface area contributed by atoms with Crippen molar-refractivity contribution in [3.63, 3.8) is 0 Å². The summed E-state index contributed by atoms with van der Waals surface area (Å²) in [6.07, 6.45) is -2.04. The lowest BCUT2D eigenvalue weighted by molar-refractivity contribution is -0.0163. The van der Waals surface area contributed by atoms with Crippen LogP contribution in [0.5, 0.6) is 0 Å². The Hall–Kier alpha value is 0.0649. The lowest BCUT2D eigenvalue weighted by Crippen LogP contribution is -2.44. The smallest absolute Gasteiger partial charge is 0.331 e. The lowest BCUT2D eigenvalue weighted by atomic mass is 9.83. The average molecular weight is 280 g/mol. The minimum absolute atomic E-state index is 0.0377. The van der Waals surface area contributed by atoms with Crippen molar-refractivity contribution in [1.82, 2.24) is 0 Å². The van der Waals surface area contributed by atoms with E-state index in [1.807, 2.05) is 0 Å². The normalized spacial score (nSPS) is 40.1. The van der Waals surface area contributed by atoms with E-state index in [4.69, 9.17) is 21.8 Å². The van der Waals surface area contributed by atoms with Gasteiger partial charge in [0.25, 0.3) is 0 Å². The van der Waals surface area contributed by atoms with Gasteiger partial charge in [-0.05, 0) is 6.92 Å². The van der Waals surface area contributed by atoms with Crippen LogP contribution in [0.1, 0.15) is 20.8 Å². The molecule has 0 aromatic heterocycles. The van der Waals surface area contributed by atoms with Crippen molar-refractivity contribution in [2.45, 2.75) is 50.3 Å². The highest BCUT2D eigenvalue weighted by atomic mass is 31.2. The third-order valence-corrected chi connectivity index (χ3v) is 4.85. The van der Waals surface area contributed by atoms with E-state index in [1.165, 1.54) is 27.9 Å². The summed E-state index contributed by atoms with van der Waals surface area (Å²) in [5.41, 5.74) is -2.68. The molecule has 104 valence electrons. The highest BCUT2D eigenvalue weighted by Crippen LogP contribution is 2.52. The number of hydrogen-bond donors (Lipinski definition) is 1. The zero-order valence-corrected chi connectivity index (χ0v) is 11.9. The number of alkyl halides is 1. The van der Waals surface area contributed by atoms with Crippen molar-refractivity contribution in [3.8, 4) is 0 Å². The molecule has 5 atom stereocenters. The van der Waals surface area contributed by atoms with Crippen molar-refractivity contribution in [3.05, 3.63) is 0 Å².